The Labute approximate surface area is 174 Å². The SMILES string of the molecule is CC(C)(C)OC(=O)NCC(=O)NCc1cccc(NC(=O)c2ccccc2Cl)c1. The standard InChI is InChI=1S/C21H24ClN3O4/c1-21(2,3)29-20(28)24-13-18(26)23-12-14-7-6-8-15(11-14)25-19(27)16-9-4-5-10-17(16)22/h4-11H,12-13H2,1-3H3,(H,23,26)(H,24,28)(H,25,27). The summed E-state index contributed by atoms with van der Waals surface area (Å²) >= 11 is 6.04. The van der Waals surface area contributed by atoms with Crippen LogP contribution >= 0.6 is 11.6 Å². The second-order valence-corrected chi connectivity index (χ2v) is 7.67. The molecule has 154 valence electrons. The van der Waals surface area contributed by atoms with Gasteiger partial charge in [-0.25, -0.2) is 4.79 Å². The fourth-order valence-electron chi connectivity index (χ4n) is 2.33. The van der Waals surface area contributed by atoms with Crippen molar-refractivity contribution in [3.8, 4) is 0 Å². The first-order valence-electron chi connectivity index (χ1n) is 9.02. The maximum Gasteiger partial charge on any atom is 0.408 e. The van der Waals surface area contributed by atoms with E-state index in [4.69, 9.17) is 16.3 Å². The van der Waals surface area contributed by atoms with Crippen LogP contribution in [0.25, 0.3) is 0 Å². The first-order chi connectivity index (χ1) is 13.6. The second-order valence-electron chi connectivity index (χ2n) is 7.27. The number of anilines is 1. The van der Waals surface area contributed by atoms with Crippen LogP contribution in [-0.4, -0.2) is 30.1 Å². The molecular formula is C21H24ClN3O4. The maximum atomic E-state index is 12.3. The van der Waals surface area contributed by atoms with Crippen molar-refractivity contribution >= 4 is 35.2 Å². The zero-order chi connectivity index (χ0) is 21.4. The molecule has 0 aromatic heterocycles. The first-order valence-corrected chi connectivity index (χ1v) is 9.40. The van der Waals surface area contributed by atoms with E-state index in [-0.39, 0.29) is 24.9 Å². The number of ether oxygens (including phenoxy) is 1. The average Bonchev–Trinajstić information content (AvgIpc) is 2.64. The number of alkyl carbamates (subject to hydrolysis) is 1. The molecule has 0 saturated heterocycles. The van der Waals surface area contributed by atoms with Gasteiger partial charge in [-0.1, -0.05) is 35.9 Å². The Kier molecular flexibility index (Phi) is 7.61. The lowest BCUT2D eigenvalue weighted by atomic mass is 10.1. The molecular weight excluding hydrogens is 394 g/mol. The highest BCUT2D eigenvalue weighted by atomic mass is 35.5. The van der Waals surface area contributed by atoms with Gasteiger partial charge in [0.05, 0.1) is 10.6 Å². The van der Waals surface area contributed by atoms with Crippen LogP contribution in [0.5, 0.6) is 0 Å². The van der Waals surface area contributed by atoms with Crippen LogP contribution in [0, 0.1) is 0 Å². The second kappa shape index (κ2) is 9.93. The maximum absolute atomic E-state index is 12.3. The lowest BCUT2D eigenvalue weighted by Crippen LogP contribution is -2.39. The number of hydrogen-bond acceptors (Lipinski definition) is 4. The molecule has 0 spiro atoms. The predicted molar refractivity (Wildman–Crippen MR) is 112 cm³/mol. The molecule has 0 aliphatic carbocycles. The quantitative estimate of drug-likeness (QED) is 0.667. The van der Waals surface area contributed by atoms with Crippen LogP contribution in [0.15, 0.2) is 48.5 Å². The minimum Gasteiger partial charge on any atom is -0.444 e. The summed E-state index contributed by atoms with van der Waals surface area (Å²) in [4.78, 5) is 35.8. The highest BCUT2D eigenvalue weighted by molar-refractivity contribution is 6.34. The minimum absolute atomic E-state index is 0.197. The van der Waals surface area contributed by atoms with Crippen molar-refractivity contribution in [1.82, 2.24) is 10.6 Å². The number of amides is 3. The van der Waals surface area contributed by atoms with Gasteiger partial charge in [0.1, 0.15) is 12.1 Å². The molecule has 7 nitrogen and oxygen atoms in total. The van der Waals surface area contributed by atoms with Gasteiger partial charge in [-0.2, -0.15) is 0 Å². The van der Waals surface area contributed by atoms with Crippen molar-refractivity contribution in [3.05, 3.63) is 64.7 Å². The Morgan fingerprint density at radius 1 is 1.00 bits per heavy atom. The van der Waals surface area contributed by atoms with Crippen molar-refractivity contribution in [2.24, 2.45) is 0 Å². The summed E-state index contributed by atoms with van der Waals surface area (Å²) in [6.07, 6.45) is -0.656. The van der Waals surface area contributed by atoms with Crippen LogP contribution in [0.4, 0.5) is 10.5 Å². The number of carbonyl (C=O) groups excluding carboxylic acids is 3. The van der Waals surface area contributed by atoms with Crippen LogP contribution in [0.1, 0.15) is 36.7 Å². The van der Waals surface area contributed by atoms with Crippen molar-refractivity contribution in [1.29, 1.82) is 0 Å². The average molecular weight is 418 g/mol. The van der Waals surface area contributed by atoms with Gasteiger partial charge in [0, 0.05) is 12.2 Å². The van der Waals surface area contributed by atoms with E-state index in [2.05, 4.69) is 16.0 Å². The summed E-state index contributed by atoms with van der Waals surface area (Å²) in [6, 6.07) is 13.8. The van der Waals surface area contributed by atoms with Crippen molar-refractivity contribution in [2.45, 2.75) is 32.9 Å². The molecule has 2 aromatic rings. The summed E-state index contributed by atoms with van der Waals surface area (Å²) in [5.74, 6) is -0.681. The van der Waals surface area contributed by atoms with Crippen LogP contribution in [-0.2, 0) is 16.1 Å². The Morgan fingerprint density at radius 3 is 2.41 bits per heavy atom. The predicted octanol–water partition coefficient (Wildman–Crippen LogP) is 3.73. The van der Waals surface area contributed by atoms with Crippen molar-refractivity contribution < 1.29 is 19.1 Å². The molecule has 2 aromatic carbocycles. The monoisotopic (exact) mass is 417 g/mol. The summed E-state index contributed by atoms with van der Waals surface area (Å²) in [5, 5.41) is 8.23. The highest BCUT2D eigenvalue weighted by Crippen LogP contribution is 2.18. The topological polar surface area (TPSA) is 96.5 Å². The molecule has 0 radical (unpaired) electrons. The van der Waals surface area contributed by atoms with Crippen LogP contribution < -0.4 is 16.0 Å². The third-order valence-electron chi connectivity index (χ3n) is 3.59. The summed E-state index contributed by atoms with van der Waals surface area (Å²) < 4.78 is 5.07. The Bertz CT molecular complexity index is 893. The molecule has 29 heavy (non-hydrogen) atoms. The zero-order valence-corrected chi connectivity index (χ0v) is 17.3. The van der Waals surface area contributed by atoms with E-state index in [0.29, 0.717) is 16.3 Å². The molecule has 0 unspecified atom stereocenters. The van der Waals surface area contributed by atoms with E-state index in [1.54, 1.807) is 63.2 Å². The number of carbonyl (C=O) groups is 3. The fourth-order valence-corrected chi connectivity index (χ4v) is 2.55. The molecule has 3 N–H and O–H groups in total. The number of halogens is 1. The van der Waals surface area contributed by atoms with E-state index < -0.39 is 11.7 Å². The third kappa shape index (κ3) is 7.83. The lowest BCUT2D eigenvalue weighted by Gasteiger charge is -2.19. The van der Waals surface area contributed by atoms with Gasteiger partial charge in [0.15, 0.2) is 0 Å². The van der Waals surface area contributed by atoms with Gasteiger partial charge in [-0.3, -0.25) is 9.59 Å². The fraction of sp³-hybridized carbons (Fsp3) is 0.286. The van der Waals surface area contributed by atoms with Crippen LogP contribution in [0.2, 0.25) is 5.02 Å². The third-order valence-corrected chi connectivity index (χ3v) is 3.91. The minimum atomic E-state index is -0.656. The van der Waals surface area contributed by atoms with E-state index in [9.17, 15) is 14.4 Å². The molecule has 8 heteroatoms. The molecule has 2 rings (SSSR count). The lowest BCUT2D eigenvalue weighted by molar-refractivity contribution is -0.120. The van der Waals surface area contributed by atoms with Gasteiger partial charge in [0.25, 0.3) is 5.91 Å². The Morgan fingerprint density at radius 2 is 1.72 bits per heavy atom. The van der Waals surface area contributed by atoms with E-state index in [1.807, 2.05) is 6.07 Å². The molecule has 0 saturated carbocycles. The molecule has 0 aliphatic rings. The van der Waals surface area contributed by atoms with Crippen molar-refractivity contribution in [3.63, 3.8) is 0 Å². The number of rotatable bonds is 6. The Balaban J connectivity index is 1.85. The van der Waals surface area contributed by atoms with Gasteiger partial charge >= 0.3 is 6.09 Å². The molecule has 0 heterocycles. The smallest absolute Gasteiger partial charge is 0.408 e. The van der Waals surface area contributed by atoms with Gasteiger partial charge in [0.2, 0.25) is 5.91 Å². The number of benzene rings is 2. The highest BCUT2D eigenvalue weighted by Gasteiger charge is 2.16. The Hall–Kier alpha value is -3.06. The summed E-state index contributed by atoms with van der Waals surface area (Å²) in [7, 11) is 0. The molecule has 3 amide bonds. The molecule has 0 aliphatic heterocycles. The van der Waals surface area contributed by atoms with E-state index in [0.717, 1.165) is 5.56 Å². The molecule has 0 fully saturated rings. The molecule has 0 bridgehead atoms. The largest absolute Gasteiger partial charge is 0.444 e. The van der Waals surface area contributed by atoms with E-state index >= 15 is 0 Å². The summed E-state index contributed by atoms with van der Waals surface area (Å²) in [6.45, 7) is 5.26. The van der Waals surface area contributed by atoms with E-state index in [1.165, 1.54) is 0 Å². The van der Waals surface area contributed by atoms with Gasteiger partial charge < -0.3 is 20.7 Å². The number of nitrogens with one attached hydrogen (secondary N) is 3. The van der Waals surface area contributed by atoms with Gasteiger partial charge in [-0.15, -0.1) is 0 Å². The number of hydrogen-bond donors (Lipinski definition) is 3. The van der Waals surface area contributed by atoms with Gasteiger partial charge in [-0.05, 0) is 50.6 Å². The molecule has 0 atom stereocenters. The first kappa shape index (κ1) is 22.2. The van der Waals surface area contributed by atoms with Crippen LogP contribution in [0.3, 0.4) is 0 Å². The normalized spacial score (nSPS) is 10.8. The van der Waals surface area contributed by atoms with Crippen molar-refractivity contribution in [2.75, 3.05) is 11.9 Å². The zero-order valence-electron chi connectivity index (χ0n) is 16.5. The summed E-state index contributed by atoms with van der Waals surface area (Å²) in [5.41, 5.74) is 1.11.